The molecule has 1 aromatic carbocycles. The Hall–Kier alpha value is -2.67. The van der Waals surface area contributed by atoms with Gasteiger partial charge < -0.3 is 15.0 Å². The Balaban J connectivity index is 1.49. The molecule has 162 valence electrons. The Kier molecular flexibility index (Phi) is 6.14. The van der Waals surface area contributed by atoms with Crippen LogP contribution in [0.2, 0.25) is 10.0 Å². The fourth-order valence-corrected chi connectivity index (χ4v) is 4.43. The van der Waals surface area contributed by atoms with Crippen molar-refractivity contribution in [3.63, 3.8) is 0 Å². The van der Waals surface area contributed by atoms with Crippen LogP contribution in [0.3, 0.4) is 0 Å². The van der Waals surface area contributed by atoms with Crippen LogP contribution in [0.25, 0.3) is 0 Å². The number of ether oxygens (including phenoxy) is 1. The van der Waals surface area contributed by atoms with Crippen LogP contribution in [-0.4, -0.2) is 42.2 Å². The van der Waals surface area contributed by atoms with E-state index in [0.29, 0.717) is 59.5 Å². The Bertz CT molecular complexity index is 1070. The van der Waals surface area contributed by atoms with Gasteiger partial charge in [0.05, 0.1) is 15.7 Å². The van der Waals surface area contributed by atoms with Gasteiger partial charge in [0.25, 0.3) is 0 Å². The fraction of sp³-hybridized carbons (Fsp3) is 0.381. The maximum atomic E-state index is 14.1. The van der Waals surface area contributed by atoms with Crippen LogP contribution in [0.4, 0.5) is 15.9 Å². The molecule has 0 spiro atoms. The van der Waals surface area contributed by atoms with Crippen molar-refractivity contribution in [3.8, 4) is 5.75 Å². The van der Waals surface area contributed by atoms with Crippen molar-refractivity contribution in [2.75, 3.05) is 29.9 Å². The summed E-state index contributed by atoms with van der Waals surface area (Å²) in [5.74, 6) is 0.366. The number of halogens is 3. The summed E-state index contributed by atoms with van der Waals surface area (Å²) in [5.41, 5.74) is -0.00421. The van der Waals surface area contributed by atoms with E-state index in [1.807, 2.05) is 4.90 Å². The molecule has 1 N–H and O–H groups in total. The van der Waals surface area contributed by atoms with E-state index in [1.54, 1.807) is 12.1 Å². The molecule has 1 amide bonds. The SMILES string of the molecule is O=C=NC1(COc2ccc(F)c3c2CCC(=O)N3)CCN(c2ncc(Cl)cc2Cl)CC1. The molecule has 2 aromatic rings. The summed E-state index contributed by atoms with van der Waals surface area (Å²) in [4.78, 5) is 33.1. The molecule has 2 aliphatic rings. The second-order valence-electron chi connectivity index (χ2n) is 7.61. The number of aromatic nitrogens is 1. The van der Waals surface area contributed by atoms with Crippen molar-refractivity contribution in [2.24, 2.45) is 4.99 Å². The number of anilines is 2. The number of amides is 1. The highest BCUT2D eigenvalue weighted by Crippen LogP contribution is 2.36. The average molecular weight is 465 g/mol. The van der Waals surface area contributed by atoms with Crippen LogP contribution in [0.5, 0.6) is 5.75 Å². The van der Waals surface area contributed by atoms with Crippen molar-refractivity contribution in [2.45, 2.75) is 31.2 Å². The van der Waals surface area contributed by atoms with Gasteiger partial charge in [0.1, 0.15) is 29.5 Å². The zero-order valence-corrected chi connectivity index (χ0v) is 18.0. The van der Waals surface area contributed by atoms with E-state index in [1.165, 1.54) is 18.3 Å². The van der Waals surface area contributed by atoms with Gasteiger partial charge in [-0.15, -0.1) is 0 Å². The van der Waals surface area contributed by atoms with E-state index in [2.05, 4.69) is 15.3 Å². The zero-order chi connectivity index (χ0) is 22.0. The summed E-state index contributed by atoms with van der Waals surface area (Å²) in [5, 5.41) is 3.47. The van der Waals surface area contributed by atoms with Crippen molar-refractivity contribution in [1.29, 1.82) is 0 Å². The van der Waals surface area contributed by atoms with E-state index in [4.69, 9.17) is 27.9 Å². The Morgan fingerprint density at radius 2 is 2.06 bits per heavy atom. The zero-order valence-electron chi connectivity index (χ0n) is 16.5. The lowest BCUT2D eigenvalue weighted by atomic mass is 9.89. The first kappa shape index (κ1) is 21.6. The number of pyridine rings is 1. The number of nitrogens with one attached hydrogen (secondary N) is 1. The molecule has 0 bridgehead atoms. The summed E-state index contributed by atoms with van der Waals surface area (Å²) in [6.07, 6.45) is 4.87. The molecule has 0 aliphatic carbocycles. The highest BCUT2D eigenvalue weighted by atomic mass is 35.5. The maximum absolute atomic E-state index is 14.1. The minimum atomic E-state index is -0.768. The predicted octanol–water partition coefficient (Wildman–Crippen LogP) is 4.17. The van der Waals surface area contributed by atoms with Gasteiger partial charge in [-0.3, -0.25) is 4.79 Å². The third-order valence-corrected chi connectivity index (χ3v) is 6.13. The lowest BCUT2D eigenvalue weighted by Gasteiger charge is -2.38. The van der Waals surface area contributed by atoms with Gasteiger partial charge in [0.15, 0.2) is 0 Å². The van der Waals surface area contributed by atoms with Gasteiger partial charge in [-0.25, -0.2) is 14.2 Å². The second-order valence-corrected chi connectivity index (χ2v) is 8.45. The van der Waals surface area contributed by atoms with Gasteiger partial charge in [-0.2, -0.15) is 4.99 Å². The molecule has 0 saturated carbocycles. The number of fused-ring (bicyclic) bond motifs is 1. The molecule has 3 heterocycles. The van der Waals surface area contributed by atoms with Gasteiger partial charge in [-0.1, -0.05) is 23.2 Å². The minimum absolute atomic E-state index is 0.129. The summed E-state index contributed by atoms with van der Waals surface area (Å²) < 4.78 is 20.1. The number of piperidine rings is 1. The van der Waals surface area contributed by atoms with Crippen LogP contribution in [0, 0.1) is 5.82 Å². The second kappa shape index (κ2) is 8.83. The topological polar surface area (TPSA) is 83.9 Å². The molecule has 4 rings (SSSR count). The molecule has 1 saturated heterocycles. The smallest absolute Gasteiger partial charge is 0.235 e. The molecule has 0 radical (unpaired) electrons. The molecule has 2 aliphatic heterocycles. The number of hydrogen-bond acceptors (Lipinski definition) is 6. The van der Waals surface area contributed by atoms with E-state index in [9.17, 15) is 14.0 Å². The molecule has 1 aromatic heterocycles. The Morgan fingerprint density at radius 1 is 1.29 bits per heavy atom. The minimum Gasteiger partial charge on any atom is -0.491 e. The maximum Gasteiger partial charge on any atom is 0.235 e. The van der Waals surface area contributed by atoms with E-state index in [0.717, 1.165) is 0 Å². The molecule has 10 heteroatoms. The number of hydrogen-bond donors (Lipinski definition) is 1. The molecule has 31 heavy (non-hydrogen) atoms. The molecule has 0 atom stereocenters. The van der Waals surface area contributed by atoms with Gasteiger partial charge >= 0.3 is 0 Å². The standard InChI is InChI=1S/C21H19Cl2FN4O3/c22-13-9-15(23)20(25-10-13)28-7-5-21(6-8-28,26-12-29)11-31-17-3-2-16(24)19-14(17)1-4-18(30)27-19/h2-3,9-10H,1,4-8,11H2,(H,27,30). The largest absolute Gasteiger partial charge is 0.491 e. The summed E-state index contributed by atoms with van der Waals surface area (Å²) >= 11 is 12.2. The van der Waals surface area contributed by atoms with Crippen LogP contribution in [0.15, 0.2) is 29.4 Å². The first-order valence-electron chi connectivity index (χ1n) is 9.80. The average Bonchev–Trinajstić information content (AvgIpc) is 2.75. The van der Waals surface area contributed by atoms with Gasteiger partial charge in [-0.05, 0) is 37.5 Å². The van der Waals surface area contributed by atoms with Crippen molar-refractivity contribution in [1.82, 2.24) is 4.98 Å². The van der Waals surface area contributed by atoms with Crippen LogP contribution in [0.1, 0.15) is 24.8 Å². The molecule has 0 unspecified atom stereocenters. The number of benzene rings is 1. The Morgan fingerprint density at radius 3 is 2.77 bits per heavy atom. The van der Waals surface area contributed by atoms with Gasteiger partial charge in [0, 0.05) is 31.3 Å². The normalized spacial score (nSPS) is 17.4. The summed E-state index contributed by atoms with van der Waals surface area (Å²) in [6.45, 7) is 1.24. The third kappa shape index (κ3) is 4.51. The monoisotopic (exact) mass is 464 g/mol. The molecular weight excluding hydrogens is 446 g/mol. The number of isocyanates is 1. The number of aliphatic imine (C=N–C) groups is 1. The molecule has 1 fully saturated rings. The lowest BCUT2D eigenvalue weighted by Crippen LogP contribution is -2.47. The van der Waals surface area contributed by atoms with E-state index in [-0.39, 0.29) is 24.6 Å². The van der Waals surface area contributed by atoms with Crippen molar-refractivity contribution < 1.29 is 18.7 Å². The van der Waals surface area contributed by atoms with E-state index >= 15 is 0 Å². The highest BCUT2D eigenvalue weighted by Gasteiger charge is 2.37. The number of carbonyl (C=O) groups excluding carboxylic acids is 2. The molecule has 7 nitrogen and oxygen atoms in total. The number of carbonyl (C=O) groups is 1. The third-order valence-electron chi connectivity index (χ3n) is 5.65. The number of nitrogens with zero attached hydrogens (tertiary/aromatic N) is 3. The fourth-order valence-electron chi connectivity index (χ4n) is 3.93. The first-order valence-corrected chi connectivity index (χ1v) is 10.6. The quantitative estimate of drug-likeness (QED) is 0.530. The first-order chi connectivity index (χ1) is 14.9. The summed E-state index contributed by atoms with van der Waals surface area (Å²) in [7, 11) is 0. The van der Waals surface area contributed by atoms with E-state index < -0.39 is 11.4 Å². The lowest BCUT2D eigenvalue weighted by molar-refractivity contribution is -0.116. The van der Waals surface area contributed by atoms with Crippen LogP contribution in [-0.2, 0) is 16.0 Å². The van der Waals surface area contributed by atoms with Crippen LogP contribution < -0.4 is 15.0 Å². The van der Waals surface area contributed by atoms with Crippen molar-refractivity contribution in [3.05, 3.63) is 45.8 Å². The highest BCUT2D eigenvalue weighted by molar-refractivity contribution is 6.36. The van der Waals surface area contributed by atoms with Crippen LogP contribution >= 0.6 is 23.2 Å². The summed E-state index contributed by atoms with van der Waals surface area (Å²) in [6, 6.07) is 4.43. The number of rotatable bonds is 5. The predicted molar refractivity (Wildman–Crippen MR) is 115 cm³/mol. The van der Waals surface area contributed by atoms with Gasteiger partial charge in [0.2, 0.25) is 12.0 Å². The molecular formula is C21H19Cl2FN4O3. The Labute approximate surface area is 188 Å². The van der Waals surface area contributed by atoms with Crippen molar-refractivity contribution >= 4 is 46.7 Å².